The Labute approximate surface area is 136 Å². The van der Waals surface area contributed by atoms with Crippen molar-refractivity contribution in [2.75, 3.05) is 5.75 Å². The van der Waals surface area contributed by atoms with Crippen molar-refractivity contribution in [3.8, 4) is 5.69 Å². The first kappa shape index (κ1) is 16.6. The summed E-state index contributed by atoms with van der Waals surface area (Å²) in [6.45, 7) is 10.1. The van der Waals surface area contributed by atoms with Crippen molar-refractivity contribution < 1.29 is 4.79 Å². The summed E-state index contributed by atoms with van der Waals surface area (Å²) in [6.07, 6.45) is 3.71. The van der Waals surface area contributed by atoms with Gasteiger partial charge in [-0.25, -0.2) is 4.98 Å². The van der Waals surface area contributed by atoms with Crippen LogP contribution in [0, 0.1) is 13.8 Å². The highest BCUT2D eigenvalue weighted by Gasteiger charge is 2.15. The maximum atomic E-state index is 12.0. The summed E-state index contributed by atoms with van der Waals surface area (Å²) in [7, 11) is 0. The molecule has 2 rings (SSSR count). The Morgan fingerprint density at radius 3 is 2.73 bits per heavy atom. The van der Waals surface area contributed by atoms with Crippen LogP contribution in [0.25, 0.3) is 5.69 Å². The lowest BCUT2D eigenvalue weighted by Crippen LogP contribution is -2.41. The number of hydrogen-bond donors (Lipinski definition) is 1. The van der Waals surface area contributed by atoms with Crippen LogP contribution in [0.4, 0.5) is 0 Å². The third-order valence-corrected chi connectivity index (χ3v) is 4.26. The molecule has 1 aromatic heterocycles. The SMILES string of the molecule is Cc1cccc(-n2ccnc2SCC(=O)NC(C)(C)C)c1C. The summed E-state index contributed by atoms with van der Waals surface area (Å²) in [5, 5.41) is 3.80. The normalized spacial score (nSPS) is 11.5. The van der Waals surface area contributed by atoms with Gasteiger partial charge in [-0.3, -0.25) is 9.36 Å². The van der Waals surface area contributed by atoms with Gasteiger partial charge in [0.05, 0.1) is 11.4 Å². The smallest absolute Gasteiger partial charge is 0.230 e. The molecular weight excluding hydrogens is 294 g/mol. The summed E-state index contributed by atoms with van der Waals surface area (Å²) in [6, 6.07) is 6.21. The predicted octanol–water partition coefficient (Wildman–Crippen LogP) is 3.50. The highest BCUT2D eigenvalue weighted by atomic mass is 32.2. The van der Waals surface area contributed by atoms with Crippen LogP contribution in [0.2, 0.25) is 0 Å². The molecule has 0 aliphatic heterocycles. The van der Waals surface area contributed by atoms with Crippen molar-refractivity contribution >= 4 is 17.7 Å². The topological polar surface area (TPSA) is 46.9 Å². The van der Waals surface area contributed by atoms with Gasteiger partial charge in [-0.05, 0) is 51.8 Å². The fourth-order valence-electron chi connectivity index (χ4n) is 2.16. The van der Waals surface area contributed by atoms with E-state index in [0.29, 0.717) is 5.75 Å². The second-order valence-corrected chi connectivity index (χ2v) is 7.33. The van der Waals surface area contributed by atoms with Gasteiger partial charge >= 0.3 is 0 Å². The Kier molecular flexibility index (Phi) is 4.96. The Balaban J connectivity index is 2.14. The monoisotopic (exact) mass is 317 g/mol. The molecular formula is C17H23N3OS. The number of benzene rings is 1. The molecule has 1 heterocycles. The molecule has 1 aromatic carbocycles. The van der Waals surface area contributed by atoms with Crippen LogP contribution >= 0.6 is 11.8 Å². The number of amides is 1. The van der Waals surface area contributed by atoms with Crippen LogP contribution in [0.5, 0.6) is 0 Å². The Hall–Kier alpha value is -1.75. The number of nitrogens with one attached hydrogen (secondary N) is 1. The quantitative estimate of drug-likeness (QED) is 0.878. The van der Waals surface area contributed by atoms with Gasteiger partial charge in [0.25, 0.3) is 0 Å². The van der Waals surface area contributed by atoms with Gasteiger partial charge in [0.2, 0.25) is 5.91 Å². The molecule has 1 amide bonds. The van der Waals surface area contributed by atoms with E-state index in [1.807, 2.05) is 37.6 Å². The lowest BCUT2D eigenvalue weighted by atomic mass is 10.1. The largest absolute Gasteiger partial charge is 0.351 e. The second kappa shape index (κ2) is 6.57. The molecule has 4 nitrogen and oxygen atoms in total. The molecule has 0 unspecified atom stereocenters. The minimum absolute atomic E-state index is 0.0213. The Morgan fingerprint density at radius 2 is 2.05 bits per heavy atom. The first-order valence-electron chi connectivity index (χ1n) is 7.32. The van der Waals surface area contributed by atoms with Crippen LogP contribution in [0.1, 0.15) is 31.9 Å². The molecule has 1 N–H and O–H groups in total. The molecule has 0 spiro atoms. The van der Waals surface area contributed by atoms with Crippen molar-refractivity contribution in [3.05, 3.63) is 41.7 Å². The van der Waals surface area contributed by atoms with Crippen LogP contribution < -0.4 is 5.32 Å². The van der Waals surface area contributed by atoms with Crippen molar-refractivity contribution in [3.63, 3.8) is 0 Å². The molecule has 118 valence electrons. The zero-order valence-corrected chi connectivity index (χ0v) is 14.6. The summed E-state index contributed by atoms with van der Waals surface area (Å²) < 4.78 is 2.04. The first-order chi connectivity index (χ1) is 10.3. The molecule has 22 heavy (non-hydrogen) atoms. The number of carbonyl (C=O) groups excluding carboxylic acids is 1. The molecule has 0 atom stereocenters. The third kappa shape index (κ3) is 4.13. The number of aryl methyl sites for hydroxylation is 1. The number of thioether (sulfide) groups is 1. The van der Waals surface area contributed by atoms with Crippen LogP contribution in [-0.2, 0) is 4.79 Å². The minimum atomic E-state index is -0.208. The van der Waals surface area contributed by atoms with E-state index in [0.717, 1.165) is 10.8 Å². The van der Waals surface area contributed by atoms with E-state index in [-0.39, 0.29) is 11.4 Å². The number of carbonyl (C=O) groups is 1. The number of aromatic nitrogens is 2. The van der Waals surface area contributed by atoms with Crippen LogP contribution in [0.15, 0.2) is 35.7 Å². The number of nitrogens with zero attached hydrogens (tertiary/aromatic N) is 2. The summed E-state index contributed by atoms with van der Waals surface area (Å²) >= 11 is 1.45. The lowest BCUT2D eigenvalue weighted by molar-refractivity contribution is -0.119. The maximum Gasteiger partial charge on any atom is 0.230 e. The van der Waals surface area contributed by atoms with Gasteiger partial charge in [-0.15, -0.1) is 0 Å². The van der Waals surface area contributed by atoms with E-state index < -0.39 is 0 Å². The number of hydrogen-bond acceptors (Lipinski definition) is 3. The first-order valence-corrected chi connectivity index (χ1v) is 8.30. The average Bonchev–Trinajstić information content (AvgIpc) is 2.86. The van der Waals surface area contributed by atoms with Crippen molar-refractivity contribution in [1.82, 2.24) is 14.9 Å². The molecule has 0 aliphatic carbocycles. The molecule has 2 aromatic rings. The molecule has 0 fully saturated rings. The van der Waals surface area contributed by atoms with E-state index in [1.54, 1.807) is 6.20 Å². The number of imidazole rings is 1. The highest BCUT2D eigenvalue weighted by molar-refractivity contribution is 7.99. The third-order valence-electron chi connectivity index (χ3n) is 3.29. The van der Waals surface area contributed by atoms with E-state index in [4.69, 9.17) is 0 Å². The van der Waals surface area contributed by atoms with E-state index in [9.17, 15) is 4.79 Å². The average molecular weight is 317 g/mol. The van der Waals surface area contributed by atoms with Crippen molar-refractivity contribution in [2.24, 2.45) is 0 Å². The second-order valence-electron chi connectivity index (χ2n) is 6.39. The predicted molar refractivity (Wildman–Crippen MR) is 91.7 cm³/mol. The Morgan fingerprint density at radius 1 is 1.32 bits per heavy atom. The van der Waals surface area contributed by atoms with Crippen molar-refractivity contribution in [1.29, 1.82) is 0 Å². The molecule has 0 aliphatic rings. The summed E-state index contributed by atoms with van der Waals surface area (Å²) in [5.74, 6) is 0.382. The standard InChI is InChI=1S/C17H23N3OS/c1-12-7-6-8-14(13(12)2)20-10-9-18-16(20)22-11-15(21)19-17(3,4)5/h6-10H,11H2,1-5H3,(H,19,21). The van der Waals surface area contributed by atoms with Gasteiger partial charge in [0.15, 0.2) is 5.16 Å². The summed E-state index contributed by atoms with van der Waals surface area (Å²) in [4.78, 5) is 16.3. The van der Waals surface area contributed by atoms with Crippen molar-refractivity contribution in [2.45, 2.75) is 45.3 Å². The fourth-order valence-corrected chi connectivity index (χ4v) is 2.93. The Bertz CT molecular complexity index is 671. The maximum absolute atomic E-state index is 12.0. The molecule has 0 bridgehead atoms. The zero-order chi connectivity index (χ0) is 16.3. The van der Waals surface area contributed by atoms with Crippen LogP contribution in [-0.4, -0.2) is 26.8 Å². The van der Waals surface area contributed by atoms with Gasteiger partial charge < -0.3 is 5.32 Å². The molecule has 0 saturated heterocycles. The van der Waals surface area contributed by atoms with Gasteiger partial charge in [0, 0.05) is 17.9 Å². The molecule has 0 radical (unpaired) electrons. The van der Waals surface area contributed by atoms with E-state index >= 15 is 0 Å². The molecule has 5 heteroatoms. The minimum Gasteiger partial charge on any atom is -0.351 e. The highest BCUT2D eigenvalue weighted by Crippen LogP contribution is 2.24. The molecule has 0 saturated carbocycles. The fraction of sp³-hybridized carbons (Fsp3) is 0.412. The van der Waals surface area contributed by atoms with Gasteiger partial charge in [-0.2, -0.15) is 0 Å². The van der Waals surface area contributed by atoms with Crippen LogP contribution in [0.3, 0.4) is 0 Å². The lowest BCUT2D eigenvalue weighted by Gasteiger charge is -2.20. The van der Waals surface area contributed by atoms with Gasteiger partial charge in [0.1, 0.15) is 0 Å². The zero-order valence-electron chi connectivity index (χ0n) is 13.8. The number of rotatable bonds is 4. The summed E-state index contributed by atoms with van der Waals surface area (Å²) in [5.41, 5.74) is 3.37. The van der Waals surface area contributed by atoms with Gasteiger partial charge in [-0.1, -0.05) is 23.9 Å². The van der Waals surface area contributed by atoms with E-state index in [2.05, 4.69) is 36.3 Å². The van der Waals surface area contributed by atoms with E-state index in [1.165, 1.54) is 22.9 Å².